The van der Waals surface area contributed by atoms with Crippen LogP contribution in [0.1, 0.15) is 50.7 Å². The van der Waals surface area contributed by atoms with Crippen molar-refractivity contribution in [2.24, 2.45) is 0 Å². The summed E-state index contributed by atoms with van der Waals surface area (Å²) in [7, 11) is 0. The van der Waals surface area contributed by atoms with Crippen LogP contribution in [-0.2, 0) is 5.60 Å². The van der Waals surface area contributed by atoms with E-state index in [1.165, 1.54) is 0 Å². The van der Waals surface area contributed by atoms with Crippen LogP contribution in [0.3, 0.4) is 0 Å². The van der Waals surface area contributed by atoms with E-state index in [0.717, 1.165) is 36.8 Å². The summed E-state index contributed by atoms with van der Waals surface area (Å²) in [5.74, 6) is 0. The summed E-state index contributed by atoms with van der Waals surface area (Å²) in [6, 6.07) is 2.04. The minimum Gasteiger partial charge on any atom is -0.385 e. The molecule has 0 aromatic carbocycles. The van der Waals surface area contributed by atoms with Crippen LogP contribution < -0.4 is 0 Å². The molecule has 0 aliphatic rings. The maximum absolute atomic E-state index is 10.6. The van der Waals surface area contributed by atoms with Gasteiger partial charge < -0.3 is 5.11 Å². The third kappa shape index (κ3) is 3.03. The van der Waals surface area contributed by atoms with Crippen molar-refractivity contribution in [3.05, 3.63) is 29.6 Å². The van der Waals surface area contributed by atoms with Gasteiger partial charge in [0.15, 0.2) is 0 Å². The van der Waals surface area contributed by atoms with E-state index < -0.39 is 5.60 Å². The van der Waals surface area contributed by atoms with E-state index in [1.54, 1.807) is 6.20 Å². The number of nitrogens with zero attached hydrogens (tertiary/aromatic N) is 1. The zero-order valence-corrected chi connectivity index (χ0v) is 9.95. The van der Waals surface area contributed by atoms with Gasteiger partial charge >= 0.3 is 0 Å². The van der Waals surface area contributed by atoms with Crippen molar-refractivity contribution < 1.29 is 5.11 Å². The lowest BCUT2D eigenvalue weighted by atomic mass is 9.86. The van der Waals surface area contributed by atoms with Crippen LogP contribution in [0.25, 0.3) is 0 Å². The lowest BCUT2D eigenvalue weighted by Crippen LogP contribution is -2.25. The van der Waals surface area contributed by atoms with Gasteiger partial charge in [-0.05, 0) is 25.3 Å². The van der Waals surface area contributed by atoms with Gasteiger partial charge in [0, 0.05) is 18.0 Å². The summed E-state index contributed by atoms with van der Waals surface area (Å²) in [6.45, 7) is 6.21. The quantitative estimate of drug-likeness (QED) is 0.804. The molecule has 1 rings (SSSR count). The summed E-state index contributed by atoms with van der Waals surface area (Å²) in [4.78, 5) is 4.15. The first kappa shape index (κ1) is 12.2. The lowest BCUT2D eigenvalue weighted by molar-refractivity contribution is 0.0166. The van der Waals surface area contributed by atoms with Crippen molar-refractivity contribution in [2.75, 3.05) is 0 Å². The normalized spacial score (nSPS) is 11.7. The maximum Gasteiger partial charge on any atom is 0.0911 e. The standard InChI is InChI=1S/C13H21NO/c1-4-6-13(15,7-5-2)12-8-11(3)9-14-10-12/h8-10,15H,4-7H2,1-3H3. The van der Waals surface area contributed by atoms with Gasteiger partial charge in [-0.3, -0.25) is 4.98 Å². The van der Waals surface area contributed by atoms with Crippen molar-refractivity contribution in [3.63, 3.8) is 0 Å². The third-order valence-electron chi connectivity index (χ3n) is 2.74. The smallest absolute Gasteiger partial charge is 0.0911 e. The first-order valence-electron chi connectivity index (χ1n) is 5.77. The molecule has 0 spiro atoms. The van der Waals surface area contributed by atoms with Crippen molar-refractivity contribution >= 4 is 0 Å². The predicted octanol–water partition coefficient (Wildman–Crippen LogP) is 3.18. The molecule has 1 aromatic heterocycles. The average Bonchev–Trinajstić information content (AvgIpc) is 2.18. The Morgan fingerprint density at radius 2 is 1.80 bits per heavy atom. The molecule has 2 nitrogen and oxygen atoms in total. The summed E-state index contributed by atoms with van der Waals surface area (Å²) < 4.78 is 0. The fourth-order valence-corrected chi connectivity index (χ4v) is 2.05. The molecule has 0 amide bonds. The maximum atomic E-state index is 10.6. The van der Waals surface area contributed by atoms with E-state index in [-0.39, 0.29) is 0 Å². The number of pyridine rings is 1. The second-order valence-corrected chi connectivity index (χ2v) is 4.28. The molecule has 0 radical (unpaired) electrons. The second-order valence-electron chi connectivity index (χ2n) is 4.28. The molecule has 15 heavy (non-hydrogen) atoms. The molecule has 0 saturated heterocycles. The van der Waals surface area contributed by atoms with Gasteiger partial charge in [-0.1, -0.05) is 32.8 Å². The van der Waals surface area contributed by atoms with Gasteiger partial charge in [-0.25, -0.2) is 0 Å². The predicted molar refractivity (Wildman–Crippen MR) is 62.7 cm³/mol. The molecule has 0 saturated carbocycles. The highest BCUT2D eigenvalue weighted by Gasteiger charge is 2.27. The molecular formula is C13H21NO. The van der Waals surface area contributed by atoms with Crippen molar-refractivity contribution in [1.82, 2.24) is 4.98 Å². The van der Waals surface area contributed by atoms with Crippen LogP contribution in [0, 0.1) is 6.92 Å². The van der Waals surface area contributed by atoms with E-state index in [2.05, 4.69) is 18.8 Å². The number of aliphatic hydroxyl groups is 1. The Morgan fingerprint density at radius 1 is 1.20 bits per heavy atom. The van der Waals surface area contributed by atoms with E-state index in [4.69, 9.17) is 0 Å². The Morgan fingerprint density at radius 3 is 2.27 bits per heavy atom. The van der Waals surface area contributed by atoms with Crippen LogP contribution >= 0.6 is 0 Å². The summed E-state index contributed by atoms with van der Waals surface area (Å²) in [6.07, 6.45) is 7.22. The molecule has 1 aromatic rings. The number of hydrogen-bond acceptors (Lipinski definition) is 2. The topological polar surface area (TPSA) is 33.1 Å². The average molecular weight is 207 g/mol. The molecule has 84 valence electrons. The second kappa shape index (κ2) is 5.26. The van der Waals surface area contributed by atoms with Gasteiger partial charge in [-0.2, -0.15) is 0 Å². The van der Waals surface area contributed by atoms with E-state index in [9.17, 15) is 5.11 Å². The van der Waals surface area contributed by atoms with Crippen LogP contribution in [0.4, 0.5) is 0 Å². The van der Waals surface area contributed by atoms with Crippen molar-refractivity contribution in [1.29, 1.82) is 0 Å². The van der Waals surface area contributed by atoms with Gasteiger partial charge in [0.1, 0.15) is 0 Å². The molecule has 0 fully saturated rings. The summed E-state index contributed by atoms with van der Waals surface area (Å²) in [5.41, 5.74) is 1.40. The monoisotopic (exact) mass is 207 g/mol. The van der Waals surface area contributed by atoms with E-state index in [0.29, 0.717) is 0 Å². The fourth-order valence-electron chi connectivity index (χ4n) is 2.05. The van der Waals surface area contributed by atoms with Crippen molar-refractivity contribution in [3.8, 4) is 0 Å². The van der Waals surface area contributed by atoms with Gasteiger partial charge in [0.05, 0.1) is 5.60 Å². The molecule has 0 aliphatic carbocycles. The minimum absolute atomic E-state index is 0.678. The third-order valence-corrected chi connectivity index (χ3v) is 2.74. The lowest BCUT2D eigenvalue weighted by Gasteiger charge is -2.28. The summed E-state index contributed by atoms with van der Waals surface area (Å²) >= 11 is 0. The Labute approximate surface area is 92.4 Å². The first-order valence-corrected chi connectivity index (χ1v) is 5.77. The zero-order valence-electron chi connectivity index (χ0n) is 9.95. The SMILES string of the molecule is CCCC(O)(CCC)c1cncc(C)c1. The molecule has 0 atom stereocenters. The number of aromatic nitrogens is 1. The Kier molecular flexibility index (Phi) is 4.28. The molecule has 0 bridgehead atoms. The van der Waals surface area contributed by atoms with Crippen LogP contribution in [0.5, 0.6) is 0 Å². The van der Waals surface area contributed by atoms with E-state index in [1.807, 2.05) is 19.2 Å². The summed E-state index contributed by atoms with van der Waals surface area (Å²) in [5, 5.41) is 10.6. The Bertz CT molecular complexity index is 303. The molecule has 0 unspecified atom stereocenters. The molecule has 0 aliphatic heterocycles. The zero-order chi connectivity index (χ0) is 11.3. The van der Waals surface area contributed by atoms with Crippen LogP contribution in [0.2, 0.25) is 0 Å². The molecular weight excluding hydrogens is 186 g/mol. The highest BCUT2D eigenvalue weighted by molar-refractivity contribution is 5.23. The first-order chi connectivity index (χ1) is 7.12. The highest BCUT2D eigenvalue weighted by atomic mass is 16.3. The highest BCUT2D eigenvalue weighted by Crippen LogP contribution is 2.31. The molecule has 1 N–H and O–H groups in total. The number of rotatable bonds is 5. The van der Waals surface area contributed by atoms with Crippen LogP contribution in [-0.4, -0.2) is 10.1 Å². The van der Waals surface area contributed by atoms with Gasteiger partial charge in [0.25, 0.3) is 0 Å². The fraction of sp³-hybridized carbons (Fsp3) is 0.615. The van der Waals surface area contributed by atoms with Crippen molar-refractivity contribution in [2.45, 2.75) is 52.1 Å². The van der Waals surface area contributed by atoms with E-state index >= 15 is 0 Å². The molecule has 2 heteroatoms. The Hall–Kier alpha value is -0.890. The number of hydrogen-bond donors (Lipinski definition) is 1. The Balaban J connectivity index is 2.97. The largest absolute Gasteiger partial charge is 0.385 e. The molecule has 1 heterocycles. The van der Waals surface area contributed by atoms with Gasteiger partial charge in [0.2, 0.25) is 0 Å². The minimum atomic E-state index is -0.678. The van der Waals surface area contributed by atoms with Crippen LogP contribution in [0.15, 0.2) is 18.5 Å². The van der Waals surface area contributed by atoms with Gasteiger partial charge in [-0.15, -0.1) is 0 Å². The number of aryl methyl sites for hydroxylation is 1.